The van der Waals surface area contributed by atoms with Gasteiger partial charge in [0, 0.05) is 33.9 Å². The molecule has 0 radical (unpaired) electrons. The molecule has 170 valence electrons. The Balaban J connectivity index is 1.53. The number of likely N-dealkylation sites (tertiary alicyclic amines) is 1. The number of fused-ring (bicyclic) bond motifs is 1. The molecule has 3 aromatic rings. The van der Waals surface area contributed by atoms with Crippen LogP contribution in [0.5, 0.6) is 0 Å². The number of piperidine rings is 1. The smallest absolute Gasteiger partial charge is 0.384 e. The number of alkyl halides is 3. The standard InChI is InChI=1S/C23H23F3N2O2S2/c1-14-11-20(16-12-15(23(24,25)26)3-4-17(16)27-14)31-13-18(29)19-5-6-21(32-19)22(30)7-9-28(2)10-8-22/h3-6,11-12,30H,7-10,13H2,1-2H3. The van der Waals surface area contributed by atoms with Crippen molar-refractivity contribution < 1.29 is 23.1 Å². The number of pyridine rings is 1. The van der Waals surface area contributed by atoms with Crippen LogP contribution in [0.4, 0.5) is 13.2 Å². The van der Waals surface area contributed by atoms with Crippen LogP contribution >= 0.6 is 23.1 Å². The van der Waals surface area contributed by atoms with Crippen molar-refractivity contribution in [2.24, 2.45) is 0 Å². The molecule has 4 nitrogen and oxygen atoms in total. The van der Waals surface area contributed by atoms with E-state index in [4.69, 9.17) is 0 Å². The normalized spacial score (nSPS) is 17.1. The first-order valence-corrected chi connectivity index (χ1v) is 12.0. The monoisotopic (exact) mass is 480 g/mol. The van der Waals surface area contributed by atoms with E-state index < -0.39 is 17.3 Å². The Morgan fingerprint density at radius 1 is 1.22 bits per heavy atom. The Morgan fingerprint density at radius 3 is 2.62 bits per heavy atom. The van der Waals surface area contributed by atoms with Crippen LogP contribution in [0.1, 0.15) is 38.6 Å². The van der Waals surface area contributed by atoms with Gasteiger partial charge >= 0.3 is 6.18 Å². The first kappa shape index (κ1) is 23.2. The van der Waals surface area contributed by atoms with E-state index in [9.17, 15) is 23.1 Å². The largest absolute Gasteiger partial charge is 0.416 e. The number of rotatable bonds is 5. The minimum atomic E-state index is -4.45. The molecule has 1 aliphatic heterocycles. The number of ketones is 1. The molecule has 0 atom stereocenters. The molecule has 1 saturated heterocycles. The van der Waals surface area contributed by atoms with Crippen LogP contribution in [0.15, 0.2) is 41.3 Å². The highest BCUT2D eigenvalue weighted by molar-refractivity contribution is 8.00. The Bertz CT molecular complexity index is 1150. The highest BCUT2D eigenvalue weighted by Crippen LogP contribution is 2.38. The van der Waals surface area contributed by atoms with Gasteiger partial charge in [0.25, 0.3) is 0 Å². The van der Waals surface area contributed by atoms with E-state index in [1.54, 1.807) is 19.1 Å². The van der Waals surface area contributed by atoms with Crippen molar-refractivity contribution in [2.45, 2.75) is 36.4 Å². The molecule has 4 rings (SSSR count). The second kappa shape index (κ2) is 8.78. The van der Waals surface area contributed by atoms with E-state index in [1.165, 1.54) is 29.2 Å². The van der Waals surface area contributed by atoms with Crippen molar-refractivity contribution >= 4 is 39.8 Å². The van der Waals surface area contributed by atoms with E-state index in [-0.39, 0.29) is 11.5 Å². The zero-order chi connectivity index (χ0) is 23.1. The molecular weight excluding hydrogens is 457 g/mol. The SMILES string of the molecule is Cc1cc(SCC(=O)c2ccc(C3(O)CCN(C)CC3)s2)c2cc(C(F)(F)F)ccc2n1. The molecule has 9 heteroatoms. The number of hydrogen-bond acceptors (Lipinski definition) is 6. The first-order chi connectivity index (χ1) is 15.0. The third-order valence-electron chi connectivity index (χ3n) is 5.74. The summed E-state index contributed by atoms with van der Waals surface area (Å²) >= 11 is 2.51. The summed E-state index contributed by atoms with van der Waals surface area (Å²) in [5.41, 5.74) is -0.501. The summed E-state index contributed by atoms with van der Waals surface area (Å²) in [6.07, 6.45) is -3.20. The van der Waals surface area contributed by atoms with Gasteiger partial charge in [0.2, 0.25) is 0 Å². The number of thiophene rings is 1. The van der Waals surface area contributed by atoms with Crippen LogP contribution in [-0.2, 0) is 11.8 Å². The van der Waals surface area contributed by atoms with Crippen LogP contribution in [-0.4, -0.2) is 46.7 Å². The minimum Gasteiger partial charge on any atom is -0.384 e. The highest BCUT2D eigenvalue weighted by Gasteiger charge is 2.35. The maximum atomic E-state index is 13.2. The molecule has 0 spiro atoms. The van der Waals surface area contributed by atoms with Crippen molar-refractivity contribution in [3.63, 3.8) is 0 Å². The molecule has 0 amide bonds. The summed E-state index contributed by atoms with van der Waals surface area (Å²) in [5, 5.41) is 11.4. The van der Waals surface area contributed by atoms with Gasteiger partial charge in [0.15, 0.2) is 5.78 Å². The lowest BCUT2D eigenvalue weighted by Crippen LogP contribution is -2.40. The molecule has 0 bridgehead atoms. The van der Waals surface area contributed by atoms with Gasteiger partial charge in [-0.25, -0.2) is 0 Å². The van der Waals surface area contributed by atoms with E-state index in [1.807, 2.05) is 13.1 Å². The number of Topliss-reactive ketones (excluding diaryl/α,β-unsaturated/α-hetero) is 1. The maximum absolute atomic E-state index is 13.2. The van der Waals surface area contributed by atoms with Crippen molar-refractivity contribution in [3.8, 4) is 0 Å². The summed E-state index contributed by atoms with van der Waals surface area (Å²) in [5.74, 6) is -0.0204. The van der Waals surface area contributed by atoms with Crippen LogP contribution in [0, 0.1) is 6.92 Å². The predicted octanol–water partition coefficient (Wildman–Crippen LogP) is 5.51. The third kappa shape index (κ3) is 4.85. The topological polar surface area (TPSA) is 53.4 Å². The minimum absolute atomic E-state index is 0.0932. The number of carbonyl (C=O) groups excluding carboxylic acids is 1. The Labute approximate surface area is 192 Å². The molecule has 0 unspecified atom stereocenters. The third-order valence-corrected chi connectivity index (χ3v) is 8.11. The van der Waals surface area contributed by atoms with Gasteiger partial charge < -0.3 is 10.0 Å². The average Bonchev–Trinajstić information content (AvgIpc) is 3.24. The summed E-state index contributed by atoms with van der Waals surface area (Å²) in [6.45, 7) is 3.36. The first-order valence-electron chi connectivity index (χ1n) is 10.2. The molecule has 1 aliphatic rings. The van der Waals surface area contributed by atoms with Gasteiger partial charge in [-0.1, -0.05) is 0 Å². The average molecular weight is 481 g/mol. The van der Waals surface area contributed by atoms with Crippen molar-refractivity contribution in [1.29, 1.82) is 0 Å². The second-order valence-electron chi connectivity index (χ2n) is 8.20. The van der Waals surface area contributed by atoms with Crippen LogP contribution in [0.25, 0.3) is 10.9 Å². The number of benzene rings is 1. The van der Waals surface area contributed by atoms with Crippen molar-refractivity contribution in [2.75, 3.05) is 25.9 Å². The summed E-state index contributed by atoms with van der Waals surface area (Å²) in [6, 6.07) is 8.74. The maximum Gasteiger partial charge on any atom is 0.416 e. The molecular formula is C23H23F3N2O2S2. The predicted molar refractivity (Wildman–Crippen MR) is 121 cm³/mol. The van der Waals surface area contributed by atoms with E-state index in [2.05, 4.69) is 9.88 Å². The zero-order valence-corrected chi connectivity index (χ0v) is 19.3. The van der Waals surface area contributed by atoms with Crippen molar-refractivity contribution in [3.05, 3.63) is 57.4 Å². The summed E-state index contributed by atoms with van der Waals surface area (Å²) in [7, 11) is 2.02. The Hall–Kier alpha value is -1.94. The zero-order valence-electron chi connectivity index (χ0n) is 17.7. The highest BCUT2D eigenvalue weighted by atomic mass is 32.2. The van der Waals surface area contributed by atoms with Gasteiger partial charge in [-0.3, -0.25) is 9.78 Å². The summed E-state index contributed by atoms with van der Waals surface area (Å²) < 4.78 is 39.5. The molecule has 0 saturated carbocycles. The van der Waals surface area contributed by atoms with Crippen molar-refractivity contribution in [1.82, 2.24) is 9.88 Å². The van der Waals surface area contributed by atoms with Crippen LogP contribution in [0.3, 0.4) is 0 Å². The molecule has 2 aromatic heterocycles. The Kier molecular flexibility index (Phi) is 6.37. The number of aryl methyl sites for hydroxylation is 1. The number of hydrogen-bond donors (Lipinski definition) is 1. The Morgan fingerprint density at radius 2 is 1.94 bits per heavy atom. The lowest BCUT2D eigenvalue weighted by Gasteiger charge is -2.35. The molecule has 3 heterocycles. The van der Waals surface area contributed by atoms with Crippen LogP contribution in [0.2, 0.25) is 0 Å². The fourth-order valence-electron chi connectivity index (χ4n) is 3.80. The number of nitrogens with zero attached hydrogens (tertiary/aromatic N) is 2. The number of aromatic nitrogens is 1. The van der Waals surface area contributed by atoms with E-state index >= 15 is 0 Å². The second-order valence-corrected chi connectivity index (χ2v) is 10.3. The molecule has 32 heavy (non-hydrogen) atoms. The van der Waals surface area contributed by atoms with E-state index in [0.29, 0.717) is 39.2 Å². The van der Waals surface area contributed by atoms with Gasteiger partial charge in [-0.05, 0) is 63.2 Å². The number of halogens is 3. The number of aliphatic hydroxyl groups is 1. The lowest BCUT2D eigenvalue weighted by molar-refractivity contribution is -0.137. The molecule has 1 fully saturated rings. The fraction of sp³-hybridized carbons (Fsp3) is 0.391. The fourth-order valence-corrected chi connectivity index (χ4v) is 6.00. The quantitative estimate of drug-likeness (QED) is 0.385. The number of thioether (sulfide) groups is 1. The van der Waals surface area contributed by atoms with Crippen LogP contribution < -0.4 is 0 Å². The van der Waals surface area contributed by atoms with Gasteiger partial charge in [0.05, 0.1) is 21.7 Å². The lowest BCUT2D eigenvalue weighted by atomic mass is 9.90. The van der Waals surface area contributed by atoms with Gasteiger partial charge in [0.1, 0.15) is 5.60 Å². The molecule has 0 aliphatic carbocycles. The van der Waals surface area contributed by atoms with Gasteiger partial charge in [-0.15, -0.1) is 23.1 Å². The molecule has 1 N–H and O–H groups in total. The van der Waals surface area contributed by atoms with E-state index in [0.717, 1.165) is 30.1 Å². The van der Waals surface area contributed by atoms with Gasteiger partial charge in [-0.2, -0.15) is 13.2 Å². The number of carbonyl (C=O) groups is 1. The molecule has 1 aromatic carbocycles. The summed E-state index contributed by atoms with van der Waals surface area (Å²) in [4.78, 5) is 21.2.